The van der Waals surface area contributed by atoms with Crippen LogP contribution in [0.4, 0.5) is 0 Å². The quantitative estimate of drug-likeness (QED) is 0.855. The van der Waals surface area contributed by atoms with Crippen LogP contribution in [0.1, 0.15) is 50.5 Å². The van der Waals surface area contributed by atoms with Crippen LogP contribution in [0.15, 0.2) is 47.1 Å². The molecule has 0 aliphatic carbocycles. The van der Waals surface area contributed by atoms with E-state index in [-0.39, 0.29) is 12.1 Å². The van der Waals surface area contributed by atoms with Crippen molar-refractivity contribution in [3.05, 3.63) is 54.0 Å². The molecule has 0 radical (unpaired) electrons. The minimum Gasteiger partial charge on any atom is -0.481 e. The minimum atomic E-state index is -0.255. The Morgan fingerprint density at radius 3 is 2.50 bits per heavy atom. The zero-order chi connectivity index (χ0) is 14.5. The first-order valence-electron chi connectivity index (χ1n) is 7.18. The number of furan rings is 1. The van der Waals surface area contributed by atoms with Crippen LogP contribution in [-0.2, 0) is 0 Å². The molecule has 0 fully saturated rings. The van der Waals surface area contributed by atoms with Gasteiger partial charge in [-0.15, -0.1) is 0 Å². The van der Waals surface area contributed by atoms with E-state index in [4.69, 9.17) is 14.9 Å². The van der Waals surface area contributed by atoms with E-state index in [0.29, 0.717) is 5.92 Å². The maximum absolute atomic E-state index is 6.20. The van der Waals surface area contributed by atoms with Crippen molar-refractivity contribution in [3.63, 3.8) is 0 Å². The van der Waals surface area contributed by atoms with Gasteiger partial charge in [0.15, 0.2) is 6.10 Å². The molecule has 1 aromatic carbocycles. The molecular weight excluding hydrogens is 250 g/mol. The van der Waals surface area contributed by atoms with Crippen molar-refractivity contribution in [2.75, 3.05) is 0 Å². The Balaban J connectivity index is 2.29. The highest BCUT2D eigenvalue weighted by molar-refractivity contribution is 5.36. The number of hydrogen-bond acceptors (Lipinski definition) is 3. The monoisotopic (exact) mass is 273 g/mol. The third-order valence-corrected chi connectivity index (χ3v) is 3.48. The fourth-order valence-corrected chi connectivity index (χ4v) is 2.23. The Hall–Kier alpha value is -1.74. The normalized spacial score (nSPS) is 14.2. The molecule has 2 N–H and O–H groups in total. The smallest absolute Gasteiger partial charge is 0.171 e. The molecule has 3 heteroatoms. The SMILES string of the molecule is CCC(N)C(Oc1ccccc1C(C)C)c1ccco1. The fraction of sp³-hybridized carbons (Fsp3) is 0.412. The maximum atomic E-state index is 6.20. The molecule has 2 aromatic rings. The second-order valence-corrected chi connectivity index (χ2v) is 5.32. The van der Waals surface area contributed by atoms with Gasteiger partial charge in [-0.3, -0.25) is 0 Å². The molecular formula is C17H23NO2. The first-order chi connectivity index (χ1) is 9.63. The molecule has 0 aliphatic heterocycles. The predicted molar refractivity (Wildman–Crippen MR) is 80.9 cm³/mol. The summed E-state index contributed by atoms with van der Waals surface area (Å²) in [5, 5.41) is 0. The van der Waals surface area contributed by atoms with Crippen molar-refractivity contribution in [3.8, 4) is 5.75 Å². The summed E-state index contributed by atoms with van der Waals surface area (Å²) in [5.41, 5.74) is 7.38. The average molecular weight is 273 g/mol. The van der Waals surface area contributed by atoms with Crippen LogP contribution in [0.5, 0.6) is 5.75 Å². The van der Waals surface area contributed by atoms with E-state index in [1.165, 1.54) is 5.56 Å². The summed E-state index contributed by atoms with van der Waals surface area (Å²) in [4.78, 5) is 0. The number of hydrogen-bond donors (Lipinski definition) is 1. The lowest BCUT2D eigenvalue weighted by atomic mass is 10.0. The number of para-hydroxylation sites is 1. The summed E-state index contributed by atoms with van der Waals surface area (Å²) in [6, 6.07) is 11.8. The van der Waals surface area contributed by atoms with E-state index in [2.05, 4.69) is 26.8 Å². The molecule has 2 unspecified atom stereocenters. The van der Waals surface area contributed by atoms with Crippen molar-refractivity contribution in [1.29, 1.82) is 0 Å². The molecule has 0 spiro atoms. The van der Waals surface area contributed by atoms with Gasteiger partial charge in [-0.05, 0) is 36.1 Å². The molecule has 3 nitrogen and oxygen atoms in total. The topological polar surface area (TPSA) is 48.4 Å². The number of benzene rings is 1. The van der Waals surface area contributed by atoms with Gasteiger partial charge in [-0.2, -0.15) is 0 Å². The summed E-state index contributed by atoms with van der Waals surface area (Å²) in [6.45, 7) is 6.37. The van der Waals surface area contributed by atoms with Gasteiger partial charge in [-0.1, -0.05) is 39.0 Å². The Morgan fingerprint density at radius 2 is 1.90 bits per heavy atom. The lowest BCUT2D eigenvalue weighted by Gasteiger charge is -2.24. The largest absolute Gasteiger partial charge is 0.481 e. The van der Waals surface area contributed by atoms with Crippen LogP contribution in [0.25, 0.3) is 0 Å². The Morgan fingerprint density at radius 1 is 1.15 bits per heavy atom. The van der Waals surface area contributed by atoms with E-state index in [1.54, 1.807) is 6.26 Å². The van der Waals surface area contributed by atoms with Gasteiger partial charge in [0.05, 0.1) is 6.26 Å². The van der Waals surface area contributed by atoms with E-state index >= 15 is 0 Å². The van der Waals surface area contributed by atoms with Crippen molar-refractivity contribution in [1.82, 2.24) is 0 Å². The Bertz CT molecular complexity index is 520. The molecule has 0 saturated heterocycles. The zero-order valence-corrected chi connectivity index (χ0v) is 12.4. The van der Waals surface area contributed by atoms with Crippen molar-refractivity contribution in [2.45, 2.75) is 45.3 Å². The molecule has 0 amide bonds. The zero-order valence-electron chi connectivity index (χ0n) is 12.4. The van der Waals surface area contributed by atoms with Crippen molar-refractivity contribution in [2.24, 2.45) is 5.73 Å². The van der Waals surface area contributed by atoms with Crippen LogP contribution < -0.4 is 10.5 Å². The molecule has 2 atom stereocenters. The second-order valence-electron chi connectivity index (χ2n) is 5.32. The van der Waals surface area contributed by atoms with E-state index < -0.39 is 0 Å². The molecule has 1 heterocycles. The van der Waals surface area contributed by atoms with Gasteiger partial charge in [-0.25, -0.2) is 0 Å². The average Bonchev–Trinajstić information content (AvgIpc) is 2.98. The van der Waals surface area contributed by atoms with Crippen molar-refractivity contribution < 1.29 is 9.15 Å². The summed E-state index contributed by atoms with van der Waals surface area (Å²) in [6.07, 6.45) is 2.23. The van der Waals surface area contributed by atoms with Crippen LogP contribution in [0.3, 0.4) is 0 Å². The molecule has 0 saturated carbocycles. The fourth-order valence-electron chi connectivity index (χ4n) is 2.23. The molecule has 20 heavy (non-hydrogen) atoms. The number of nitrogens with two attached hydrogens (primary N) is 1. The van der Waals surface area contributed by atoms with E-state index in [9.17, 15) is 0 Å². The third-order valence-electron chi connectivity index (χ3n) is 3.48. The second kappa shape index (κ2) is 6.62. The standard InChI is InChI=1S/C17H23NO2/c1-4-14(18)17(16-10-7-11-19-16)20-15-9-6-5-8-13(15)12(2)3/h5-12,14,17H,4,18H2,1-3H3. The summed E-state index contributed by atoms with van der Waals surface area (Å²) in [7, 11) is 0. The third kappa shape index (κ3) is 3.23. The van der Waals surface area contributed by atoms with Gasteiger partial charge < -0.3 is 14.9 Å². The first-order valence-corrected chi connectivity index (χ1v) is 7.18. The Labute approximate surface area is 120 Å². The summed E-state index contributed by atoms with van der Waals surface area (Å²) >= 11 is 0. The number of rotatable bonds is 6. The predicted octanol–water partition coefficient (Wildman–Crippen LogP) is 4.26. The van der Waals surface area contributed by atoms with Gasteiger partial charge in [0.25, 0.3) is 0 Å². The van der Waals surface area contributed by atoms with Crippen molar-refractivity contribution >= 4 is 0 Å². The highest BCUT2D eigenvalue weighted by Gasteiger charge is 2.24. The van der Waals surface area contributed by atoms with Gasteiger partial charge in [0, 0.05) is 6.04 Å². The molecule has 1 aromatic heterocycles. The lowest BCUT2D eigenvalue weighted by molar-refractivity contribution is 0.143. The number of ether oxygens (including phenoxy) is 1. The Kier molecular flexibility index (Phi) is 4.85. The van der Waals surface area contributed by atoms with Crippen LogP contribution in [-0.4, -0.2) is 6.04 Å². The molecule has 0 aliphatic rings. The van der Waals surface area contributed by atoms with E-state index in [1.807, 2.05) is 30.3 Å². The molecule has 108 valence electrons. The highest BCUT2D eigenvalue weighted by Crippen LogP contribution is 2.31. The van der Waals surface area contributed by atoms with Crippen LogP contribution >= 0.6 is 0 Å². The first kappa shape index (κ1) is 14.7. The summed E-state index contributed by atoms with van der Waals surface area (Å²) in [5.74, 6) is 2.06. The highest BCUT2D eigenvalue weighted by atomic mass is 16.5. The van der Waals surface area contributed by atoms with Crippen LogP contribution in [0, 0.1) is 0 Å². The van der Waals surface area contributed by atoms with E-state index in [0.717, 1.165) is 17.9 Å². The molecule has 2 rings (SSSR count). The van der Waals surface area contributed by atoms with Crippen LogP contribution in [0.2, 0.25) is 0 Å². The lowest BCUT2D eigenvalue weighted by Crippen LogP contribution is -2.31. The molecule has 0 bridgehead atoms. The van der Waals surface area contributed by atoms with Gasteiger partial charge >= 0.3 is 0 Å². The maximum Gasteiger partial charge on any atom is 0.171 e. The van der Waals surface area contributed by atoms with Gasteiger partial charge in [0.1, 0.15) is 11.5 Å². The van der Waals surface area contributed by atoms with Gasteiger partial charge in [0.2, 0.25) is 0 Å². The minimum absolute atomic E-state index is 0.0960. The summed E-state index contributed by atoms with van der Waals surface area (Å²) < 4.78 is 11.7.